The lowest BCUT2D eigenvalue weighted by Crippen LogP contribution is -2.24. The van der Waals surface area contributed by atoms with E-state index in [2.05, 4.69) is 52.3 Å². The van der Waals surface area contributed by atoms with Gasteiger partial charge < -0.3 is 14.5 Å². The van der Waals surface area contributed by atoms with E-state index in [9.17, 15) is 0 Å². The van der Waals surface area contributed by atoms with E-state index in [-0.39, 0.29) is 0 Å². The minimum atomic E-state index is 0.584. The summed E-state index contributed by atoms with van der Waals surface area (Å²) >= 11 is 0. The molecule has 0 amide bonds. The molecule has 0 saturated heterocycles. The van der Waals surface area contributed by atoms with E-state index in [1.807, 2.05) is 60.7 Å². The molecule has 2 heterocycles. The highest BCUT2D eigenvalue weighted by Crippen LogP contribution is 2.44. The second kappa shape index (κ2) is 7.08. The molecule has 4 nitrogen and oxygen atoms in total. The van der Waals surface area contributed by atoms with Crippen LogP contribution in [0.3, 0.4) is 0 Å². The van der Waals surface area contributed by atoms with E-state index in [4.69, 9.17) is 9.72 Å². The fourth-order valence-corrected chi connectivity index (χ4v) is 3.42. The Morgan fingerprint density at radius 1 is 0.607 bits per heavy atom. The molecule has 136 valence electrons. The fourth-order valence-electron chi connectivity index (χ4n) is 3.42. The molecule has 0 N–H and O–H groups in total. The van der Waals surface area contributed by atoms with Crippen LogP contribution in [0.1, 0.15) is 0 Å². The van der Waals surface area contributed by atoms with Crippen LogP contribution in [0, 0.1) is 0 Å². The molecule has 0 atom stereocenters. The van der Waals surface area contributed by atoms with Crippen molar-refractivity contribution in [3.63, 3.8) is 0 Å². The van der Waals surface area contributed by atoms with Gasteiger partial charge >= 0.3 is 0 Å². The first-order valence-corrected chi connectivity index (χ1v) is 9.28. The number of pyridine rings is 1. The van der Waals surface area contributed by atoms with Crippen molar-refractivity contribution >= 4 is 22.9 Å². The SMILES string of the molecule is c1ccc(Oc2ccc3c(n2)N(c2ccccc2)CN3c2ccccc2)cc1. The third kappa shape index (κ3) is 3.05. The van der Waals surface area contributed by atoms with Gasteiger partial charge in [0.05, 0.1) is 5.69 Å². The largest absolute Gasteiger partial charge is 0.439 e. The molecule has 0 radical (unpaired) electrons. The van der Waals surface area contributed by atoms with Gasteiger partial charge in [-0.05, 0) is 42.5 Å². The lowest BCUT2D eigenvalue weighted by molar-refractivity contribution is 0.463. The number of anilines is 4. The molecule has 0 spiro atoms. The zero-order chi connectivity index (χ0) is 18.8. The van der Waals surface area contributed by atoms with E-state index in [0.717, 1.165) is 28.6 Å². The molecule has 1 aromatic heterocycles. The van der Waals surface area contributed by atoms with Gasteiger partial charge in [0.25, 0.3) is 0 Å². The van der Waals surface area contributed by atoms with E-state index in [0.29, 0.717) is 12.5 Å². The zero-order valence-electron chi connectivity index (χ0n) is 15.3. The van der Waals surface area contributed by atoms with Gasteiger partial charge in [0, 0.05) is 17.4 Å². The van der Waals surface area contributed by atoms with Crippen molar-refractivity contribution in [1.29, 1.82) is 0 Å². The first-order valence-electron chi connectivity index (χ1n) is 9.28. The van der Waals surface area contributed by atoms with E-state index >= 15 is 0 Å². The predicted octanol–water partition coefficient (Wildman–Crippen LogP) is 6.12. The average molecular weight is 365 g/mol. The number of benzene rings is 3. The number of aromatic nitrogens is 1. The summed E-state index contributed by atoms with van der Waals surface area (Å²) in [5.74, 6) is 2.25. The zero-order valence-corrected chi connectivity index (χ0v) is 15.3. The summed E-state index contributed by atoms with van der Waals surface area (Å²) in [4.78, 5) is 9.32. The molecule has 1 aliphatic rings. The number of fused-ring (bicyclic) bond motifs is 1. The Hall–Kier alpha value is -3.79. The van der Waals surface area contributed by atoms with Crippen LogP contribution in [-0.4, -0.2) is 11.7 Å². The van der Waals surface area contributed by atoms with Gasteiger partial charge in [-0.2, -0.15) is 4.98 Å². The van der Waals surface area contributed by atoms with Gasteiger partial charge in [0.15, 0.2) is 5.82 Å². The molecule has 1 aliphatic heterocycles. The Bertz CT molecular complexity index is 1070. The maximum atomic E-state index is 5.97. The predicted molar refractivity (Wildman–Crippen MR) is 113 cm³/mol. The maximum Gasteiger partial charge on any atom is 0.221 e. The van der Waals surface area contributed by atoms with Crippen molar-refractivity contribution < 1.29 is 4.74 Å². The fraction of sp³-hybridized carbons (Fsp3) is 0.0417. The summed E-state index contributed by atoms with van der Waals surface area (Å²) in [6.45, 7) is 0.700. The van der Waals surface area contributed by atoms with Crippen molar-refractivity contribution in [2.24, 2.45) is 0 Å². The molecule has 0 fully saturated rings. The van der Waals surface area contributed by atoms with Crippen LogP contribution in [-0.2, 0) is 0 Å². The summed E-state index contributed by atoms with van der Waals surface area (Å²) in [5, 5.41) is 0. The van der Waals surface area contributed by atoms with Crippen LogP contribution >= 0.6 is 0 Å². The number of hydrogen-bond donors (Lipinski definition) is 0. The Morgan fingerprint density at radius 2 is 1.18 bits per heavy atom. The Morgan fingerprint density at radius 3 is 1.82 bits per heavy atom. The van der Waals surface area contributed by atoms with Crippen molar-refractivity contribution in [3.05, 3.63) is 103 Å². The number of ether oxygens (including phenoxy) is 1. The van der Waals surface area contributed by atoms with Crippen molar-refractivity contribution in [3.8, 4) is 11.6 Å². The molecular formula is C24H19N3O. The van der Waals surface area contributed by atoms with E-state index in [1.165, 1.54) is 0 Å². The van der Waals surface area contributed by atoms with Crippen LogP contribution in [0.4, 0.5) is 22.9 Å². The van der Waals surface area contributed by atoms with Crippen molar-refractivity contribution in [2.75, 3.05) is 16.5 Å². The lowest BCUT2D eigenvalue weighted by Gasteiger charge is -2.21. The molecule has 28 heavy (non-hydrogen) atoms. The summed E-state index contributed by atoms with van der Waals surface area (Å²) < 4.78 is 5.97. The van der Waals surface area contributed by atoms with Gasteiger partial charge in [-0.1, -0.05) is 54.6 Å². The van der Waals surface area contributed by atoms with Crippen LogP contribution < -0.4 is 14.5 Å². The average Bonchev–Trinajstić information content (AvgIpc) is 3.15. The Labute approximate surface area is 164 Å². The summed E-state index contributed by atoms with van der Waals surface area (Å²) in [6, 6.07) is 34.4. The van der Waals surface area contributed by atoms with Gasteiger partial charge in [-0.3, -0.25) is 0 Å². The van der Waals surface area contributed by atoms with Crippen LogP contribution in [0.15, 0.2) is 103 Å². The highest BCUT2D eigenvalue weighted by molar-refractivity contribution is 5.84. The highest BCUT2D eigenvalue weighted by Gasteiger charge is 2.30. The summed E-state index contributed by atoms with van der Waals surface area (Å²) in [5.41, 5.74) is 3.31. The van der Waals surface area contributed by atoms with Crippen LogP contribution in [0.2, 0.25) is 0 Å². The molecule has 4 heteroatoms. The first kappa shape index (κ1) is 16.4. The van der Waals surface area contributed by atoms with Crippen LogP contribution in [0.25, 0.3) is 0 Å². The number of nitrogens with zero attached hydrogens (tertiary/aromatic N) is 3. The van der Waals surface area contributed by atoms with Crippen molar-refractivity contribution in [1.82, 2.24) is 4.98 Å². The number of hydrogen-bond acceptors (Lipinski definition) is 4. The van der Waals surface area contributed by atoms with Crippen molar-refractivity contribution in [2.45, 2.75) is 0 Å². The smallest absolute Gasteiger partial charge is 0.221 e. The third-order valence-corrected chi connectivity index (χ3v) is 4.76. The summed E-state index contributed by atoms with van der Waals surface area (Å²) in [7, 11) is 0. The Kier molecular flexibility index (Phi) is 4.14. The molecule has 0 aliphatic carbocycles. The molecule has 5 rings (SSSR count). The van der Waals surface area contributed by atoms with Crippen LogP contribution in [0.5, 0.6) is 11.6 Å². The standard InChI is InChI=1S/C24H19N3O/c1-4-10-19(11-5-1)26-18-27(20-12-6-2-7-13-20)24-22(26)16-17-23(25-24)28-21-14-8-3-9-15-21/h1-17H,18H2. The molecular weight excluding hydrogens is 346 g/mol. The molecule has 3 aromatic carbocycles. The van der Waals surface area contributed by atoms with E-state index in [1.54, 1.807) is 0 Å². The van der Waals surface area contributed by atoms with Gasteiger partial charge in [-0.15, -0.1) is 0 Å². The minimum Gasteiger partial charge on any atom is -0.439 e. The van der Waals surface area contributed by atoms with Gasteiger partial charge in [0.1, 0.15) is 12.4 Å². The number of para-hydroxylation sites is 3. The van der Waals surface area contributed by atoms with Gasteiger partial charge in [0.2, 0.25) is 5.88 Å². The molecule has 4 aromatic rings. The highest BCUT2D eigenvalue weighted by atomic mass is 16.5. The summed E-state index contributed by atoms with van der Waals surface area (Å²) in [6.07, 6.45) is 0. The third-order valence-electron chi connectivity index (χ3n) is 4.76. The quantitative estimate of drug-likeness (QED) is 0.435. The monoisotopic (exact) mass is 365 g/mol. The molecule has 0 unspecified atom stereocenters. The minimum absolute atomic E-state index is 0.584. The second-order valence-corrected chi connectivity index (χ2v) is 6.58. The maximum absolute atomic E-state index is 5.97. The molecule has 0 bridgehead atoms. The topological polar surface area (TPSA) is 28.6 Å². The molecule has 0 saturated carbocycles. The first-order chi connectivity index (χ1) is 13.9. The Balaban J connectivity index is 1.56. The lowest BCUT2D eigenvalue weighted by atomic mass is 10.2. The van der Waals surface area contributed by atoms with Gasteiger partial charge in [-0.25, -0.2) is 0 Å². The second-order valence-electron chi connectivity index (χ2n) is 6.58. The number of rotatable bonds is 4. The van der Waals surface area contributed by atoms with E-state index < -0.39 is 0 Å². The normalized spacial score (nSPS) is 12.7.